The lowest BCUT2D eigenvalue weighted by Crippen LogP contribution is -2.32. The van der Waals surface area contributed by atoms with Gasteiger partial charge in [0.15, 0.2) is 6.73 Å². The number of ether oxygens (including phenoxy) is 1. The van der Waals surface area contributed by atoms with Gasteiger partial charge in [0.1, 0.15) is 5.75 Å². The zero-order valence-corrected chi connectivity index (χ0v) is 10.4. The normalized spacial score (nSPS) is 19.0. The van der Waals surface area contributed by atoms with Crippen LogP contribution in [0.5, 0.6) is 5.75 Å². The molecular weight excluding hydrogens is 228 g/mol. The third kappa shape index (κ3) is 2.28. The summed E-state index contributed by atoms with van der Waals surface area (Å²) < 4.78 is 5.43. The van der Waals surface area contributed by atoms with E-state index in [1.807, 2.05) is 18.2 Å². The molecule has 2 N–H and O–H groups in total. The SMILES string of the molecule is O=C1NCOc2cc(NCC3CCCC3)ccc21. The lowest BCUT2D eigenvalue weighted by atomic mass is 10.1. The van der Waals surface area contributed by atoms with Gasteiger partial charge in [-0.15, -0.1) is 0 Å². The van der Waals surface area contributed by atoms with Crippen LogP contribution < -0.4 is 15.4 Å². The van der Waals surface area contributed by atoms with Crippen LogP contribution in [0, 0.1) is 5.92 Å². The predicted molar refractivity (Wildman–Crippen MR) is 69.9 cm³/mol. The van der Waals surface area contributed by atoms with Gasteiger partial charge in [-0.1, -0.05) is 12.8 Å². The first-order chi connectivity index (χ1) is 8.83. The largest absolute Gasteiger partial charge is 0.472 e. The molecule has 4 heteroatoms. The Morgan fingerprint density at radius 2 is 2.17 bits per heavy atom. The lowest BCUT2D eigenvalue weighted by Gasteiger charge is -2.19. The number of anilines is 1. The Labute approximate surface area is 107 Å². The average molecular weight is 246 g/mol. The minimum Gasteiger partial charge on any atom is -0.472 e. The van der Waals surface area contributed by atoms with Crippen molar-refractivity contribution in [3.63, 3.8) is 0 Å². The Balaban J connectivity index is 1.67. The quantitative estimate of drug-likeness (QED) is 0.860. The summed E-state index contributed by atoms with van der Waals surface area (Å²) in [6.07, 6.45) is 5.38. The zero-order valence-electron chi connectivity index (χ0n) is 10.4. The predicted octanol–water partition coefficient (Wildman–Crippen LogP) is 2.37. The fourth-order valence-corrected chi connectivity index (χ4v) is 2.69. The van der Waals surface area contributed by atoms with Crippen molar-refractivity contribution >= 4 is 11.6 Å². The van der Waals surface area contributed by atoms with Crippen LogP contribution in [-0.2, 0) is 0 Å². The second-order valence-corrected chi connectivity index (χ2v) is 5.04. The number of hydrogen-bond acceptors (Lipinski definition) is 3. The number of amides is 1. The third-order valence-corrected chi connectivity index (χ3v) is 3.76. The first kappa shape index (κ1) is 11.4. The van der Waals surface area contributed by atoms with Crippen LogP contribution in [0.2, 0.25) is 0 Å². The minimum absolute atomic E-state index is 0.0569. The first-order valence-corrected chi connectivity index (χ1v) is 6.62. The van der Waals surface area contributed by atoms with Crippen molar-refractivity contribution in [1.29, 1.82) is 0 Å². The molecule has 4 nitrogen and oxygen atoms in total. The molecule has 1 aromatic rings. The number of hydrogen-bond donors (Lipinski definition) is 2. The van der Waals surface area contributed by atoms with E-state index >= 15 is 0 Å². The molecule has 2 aliphatic rings. The fourth-order valence-electron chi connectivity index (χ4n) is 2.69. The van der Waals surface area contributed by atoms with E-state index in [4.69, 9.17) is 4.74 Å². The Hall–Kier alpha value is -1.71. The number of nitrogens with one attached hydrogen (secondary N) is 2. The van der Waals surface area contributed by atoms with Crippen molar-refractivity contribution < 1.29 is 9.53 Å². The standard InChI is InChI=1S/C14H18N2O2/c17-14-12-6-5-11(7-13(12)18-9-16-14)15-8-10-3-1-2-4-10/h5-7,10,15H,1-4,8-9H2,(H,16,17). The fraction of sp³-hybridized carbons (Fsp3) is 0.500. The number of fused-ring (bicyclic) bond motifs is 1. The maximum absolute atomic E-state index is 11.6. The highest BCUT2D eigenvalue weighted by Gasteiger charge is 2.18. The Kier molecular flexibility index (Phi) is 3.09. The van der Waals surface area contributed by atoms with Gasteiger partial charge in [0.2, 0.25) is 0 Å². The van der Waals surface area contributed by atoms with Gasteiger partial charge in [-0.3, -0.25) is 4.79 Å². The van der Waals surface area contributed by atoms with Crippen LogP contribution in [0.1, 0.15) is 36.0 Å². The molecule has 1 amide bonds. The molecule has 0 unspecified atom stereocenters. The molecular formula is C14H18N2O2. The van der Waals surface area contributed by atoms with Crippen molar-refractivity contribution in [2.24, 2.45) is 5.92 Å². The third-order valence-electron chi connectivity index (χ3n) is 3.76. The van der Waals surface area contributed by atoms with Crippen LogP contribution in [0.4, 0.5) is 5.69 Å². The van der Waals surface area contributed by atoms with Crippen molar-refractivity contribution in [3.05, 3.63) is 23.8 Å². The smallest absolute Gasteiger partial charge is 0.257 e. The van der Waals surface area contributed by atoms with Gasteiger partial charge < -0.3 is 15.4 Å². The molecule has 18 heavy (non-hydrogen) atoms. The van der Waals surface area contributed by atoms with E-state index in [0.29, 0.717) is 11.3 Å². The molecule has 0 radical (unpaired) electrons. The molecule has 0 saturated heterocycles. The maximum atomic E-state index is 11.6. The van der Waals surface area contributed by atoms with Crippen LogP contribution in [0.3, 0.4) is 0 Å². The van der Waals surface area contributed by atoms with Crippen molar-refractivity contribution in [1.82, 2.24) is 5.32 Å². The molecule has 3 rings (SSSR count). The van der Waals surface area contributed by atoms with Gasteiger partial charge in [0.25, 0.3) is 5.91 Å². The summed E-state index contributed by atoms with van der Waals surface area (Å²) >= 11 is 0. The number of rotatable bonds is 3. The Bertz CT molecular complexity index is 453. The molecule has 0 bridgehead atoms. The van der Waals surface area contributed by atoms with Gasteiger partial charge in [0.05, 0.1) is 5.56 Å². The molecule has 1 fully saturated rings. The second-order valence-electron chi connectivity index (χ2n) is 5.04. The summed E-state index contributed by atoms with van der Waals surface area (Å²) in [5.74, 6) is 1.42. The topological polar surface area (TPSA) is 50.4 Å². The van der Waals surface area contributed by atoms with E-state index in [1.165, 1.54) is 25.7 Å². The molecule has 1 aliphatic heterocycles. The molecule has 0 aromatic heterocycles. The summed E-state index contributed by atoms with van der Waals surface area (Å²) in [5.41, 5.74) is 1.66. The summed E-state index contributed by atoms with van der Waals surface area (Å²) in [6.45, 7) is 1.28. The highest BCUT2D eigenvalue weighted by Crippen LogP contribution is 2.28. The van der Waals surface area contributed by atoms with Gasteiger partial charge in [-0.05, 0) is 30.9 Å². The van der Waals surface area contributed by atoms with Crippen LogP contribution in [0.15, 0.2) is 18.2 Å². The summed E-state index contributed by atoms with van der Waals surface area (Å²) in [5, 5.41) is 6.09. The minimum atomic E-state index is -0.0569. The van der Waals surface area contributed by atoms with Gasteiger partial charge in [-0.25, -0.2) is 0 Å². The van der Waals surface area contributed by atoms with Crippen LogP contribution in [-0.4, -0.2) is 19.2 Å². The molecule has 1 heterocycles. The van der Waals surface area contributed by atoms with Crippen molar-refractivity contribution in [2.75, 3.05) is 18.6 Å². The van der Waals surface area contributed by atoms with E-state index < -0.39 is 0 Å². The van der Waals surface area contributed by atoms with Crippen LogP contribution >= 0.6 is 0 Å². The van der Waals surface area contributed by atoms with E-state index in [2.05, 4.69) is 10.6 Å². The van der Waals surface area contributed by atoms with E-state index in [9.17, 15) is 4.79 Å². The number of carbonyl (C=O) groups excluding carboxylic acids is 1. The van der Waals surface area contributed by atoms with Crippen molar-refractivity contribution in [3.8, 4) is 5.75 Å². The van der Waals surface area contributed by atoms with Gasteiger partial charge in [-0.2, -0.15) is 0 Å². The number of carbonyl (C=O) groups is 1. The molecule has 1 saturated carbocycles. The van der Waals surface area contributed by atoms with Crippen LogP contribution in [0.25, 0.3) is 0 Å². The molecule has 1 aliphatic carbocycles. The number of benzene rings is 1. The second kappa shape index (κ2) is 4.88. The molecule has 1 aromatic carbocycles. The maximum Gasteiger partial charge on any atom is 0.257 e. The van der Waals surface area contributed by atoms with E-state index in [1.54, 1.807) is 0 Å². The molecule has 0 spiro atoms. The lowest BCUT2D eigenvalue weighted by molar-refractivity contribution is 0.0883. The summed E-state index contributed by atoms with van der Waals surface area (Å²) in [7, 11) is 0. The molecule has 0 atom stereocenters. The van der Waals surface area contributed by atoms with Gasteiger partial charge in [0, 0.05) is 18.3 Å². The monoisotopic (exact) mass is 246 g/mol. The zero-order chi connectivity index (χ0) is 12.4. The summed E-state index contributed by atoms with van der Waals surface area (Å²) in [6, 6.07) is 5.69. The average Bonchev–Trinajstić information content (AvgIpc) is 2.90. The van der Waals surface area contributed by atoms with Crippen molar-refractivity contribution in [2.45, 2.75) is 25.7 Å². The van der Waals surface area contributed by atoms with E-state index in [-0.39, 0.29) is 12.6 Å². The Morgan fingerprint density at radius 1 is 1.33 bits per heavy atom. The highest BCUT2D eigenvalue weighted by molar-refractivity contribution is 5.98. The van der Waals surface area contributed by atoms with Gasteiger partial charge >= 0.3 is 0 Å². The highest BCUT2D eigenvalue weighted by atomic mass is 16.5. The first-order valence-electron chi connectivity index (χ1n) is 6.62. The molecule has 96 valence electrons. The summed E-state index contributed by atoms with van der Waals surface area (Å²) in [4.78, 5) is 11.6. The Morgan fingerprint density at radius 3 is 3.00 bits per heavy atom. The van der Waals surface area contributed by atoms with E-state index in [0.717, 1.165) is 18.2 Å².